The summed E-state index contributed by atoms with van der Waals surface area (Å²) < 4.78 is 43.5. The molecular weight excluding hydrogens is 309 g/mol. The Balaban J connectivity index is 2.03. The topological polar surface area (TPSA) is 44.1 Å². The lowest BCUT2D eigenvalue weighted by atomic mass is 10.2. The number of hydrogen-bond donors (Lipinski definition) is 0. The average Bonchev–Trinajstić information content (AvgIpc) is 2.42. The van der Waals surface area contributed by atoms with Crippen molar-refractivity contribution in [3.63, 3.8) is 0 Å². The maximum Gasteiger partial charge on any atom is 0.419 e. The third kappa shape index (κ3) is 4.30. The number of rotatable bonds is 4. The van der Waals surface area contributed by atoms with E-state index in [4.69, 9.17) is 16.3 Å². The van der Waals surface area contributed by atoms with Gasteiger partial charge in [0.15, 0.2) is 0 Å². The number of alkyl halides is 3. The average molecular weight is 319 g/mol. The van der Waals surface area contributed by atoms with Crippen LogP contribution in [0.2, 0.25) is 5.02 Å². The van der Waals surface area contributed by atoms with Gasteiger partial charge in [-0.15, -0.1) is 0 Å². The Morgan fingerprint density at radius 2 is 1.90 bits per heavy atom. The molecule has 0 amide bonds. The van der Waals surface area contributed by atoms with Gasteiger partial charge in [0.2, 0.25) is 0 Å². The zero-order valence-electron chi connectivity index (χ0n) is 10.6. The summed E-state index contributed by atoms with van der Waals surface area (Å²) in [6.07, 6.45) is -3.38. The second kappa shape index (κ2) is 6.28. The van der Waals surface area contributed by atoms with Crippen LogP contribution in [0.3, 0.4) is 0 Å². The molecule has 0 radical (unpaired) electrons. The highest BCUT2D eigenvalue weighted by Gasteiger charge is 2.31. The molecule has 21 heavy (non-hydrogen) atoms. The third-order valence-corrected chi connectivity index (χ3v) is 2.85. The number of benzene rings is 1. The van der Waals surface area contributed by atoms with Gasteiger partial charge >= 0.3 is 11.9 Å². The summed E-state index contributed by atoms with van der Waals surface area (Å²) in [5.74, 6) is 0. The highest BCUT2D eigenvalue weighted by atomic mass is 35.5. The molecule has 112 valence electrons. The third-order valence-electron chi connectivity index (χ3n) is 2.59. The van der Waals surface area contributed by atoms with Crippen LogP contribution >= 0.6 is 11.6 Å². The van der Waals surface area contributed by atoms with E-state index in [2.05, 4.69) is 4.98 Å². The number of aromatic nitrogens is 2. The smallest absolute Gasteiger partial charge is 0.356 e. The standard InChI is InChI=1S/C13H10ClF3N2O2/c14-11-3-1-9(2-4-11)7-21-8-19-6-10(13(15,16)17)5-18-12(19)20/h1-6H,7-8H2. The van der Waals surface area contributed by atoms with Gasteiger partial charge < -0.3 is 4.74 Å². The number of nitrogens with zero attached hydrogens (tertiary/aromatic N) is 2. The quantitative estimate of drug-likeness (QED) is 0.870. The number of halogens is 4. The van der Waals surface area contributed by atoms with E-state index >= 15 is 0 Å². The minimum Gasteiger partial charge on any atom is -0.356 e. The van der Waals surface area contributed by atoms with Gasteiger partial charge in [0.25, 0.3) is 0 Å². The van der Waals surface area contributed by atoms with E-state index in [0.29, 0.717) is 17.4 Å². The molecule has 0 atom stereocenters. The van der Waals surface area contributed by atoms with Gasteiger partial charge in [0.05, 0.1) is 12.2 Å². The summed E-state index contributed by atoms with van der Waals surface area (Å²) in [6.45, 7) is -0.182. The molecule has 0 fully saturated rings. The van der Waals surface area contributed by atoms with Gasteiger partial charge in [-0.05, 0) is 17.7 Å². The lowest BCUT2D eigenvalue weighted by molar-refractivity contribution is -0.138. The van der Waals surface area contributed by atoms with E-state index in [0.717, 1.165) is 10.1 Å². The van der Waals surface area contributed by atoms with Crippen molar-refractivity contribution in [2.75, 3.05) is 0 Å². The Morgan fingerprint density at radius 1 is 1.24 bits per heavy atom. The van der Waals surface area contributed by atoms with Gasteiger partial charge in [-0.25, -0.2) is 9.78 Å². The summed E-state index contributed by atoms with van der Waals surface area (Å²) in [6, 6.07) is 6.77. The first-order valence-electron chi connectivity index (χ1n) is 5.82. The zero-order chi connectivity index (χ0) is 15.5. The van der Waals surface area contributed by atoms with Crippen molar-refractivity contribution in [1.29, 1.82) is 0 Å². The van der Waals surface area contributed by atoms with Crippen molar-refractivity contribution in [2.45, 2.75) is 19.5 Å². The molecule has 0 aliphatic heterocycles. The van der Waals surface area contributed by atoms with Gasteiger partial charge in [-0.3, -0.25) is 4.57 Å². The van der Waals surface area contributed by atoms with Crippen LogP contribution in [-0.2, 0) is 24.3 Å². The summed E-state index contributed by atoms with van der Waals surface area (Å²) in [5, 5.41) is 0.567. The molecule has 2 aromatic rings. The van der Waals surface area contributed by atoms with Crippen molar-refractivity contribution < 1.29 is 17.9 Å². The van der Waals surface area contributed by atoms with Crippen molar-refractivity contribution in [1.82, 2.24) is 9.55 Å². The lowest BCUT2D eigenvalue weighted by Gasteiger charge is -2.10. The maximum atomic E-state index is 12.5. The second-order valence-corrected chi connectivity index (χ2v) is 4.63. The molecule has 1 aromatic carbocycles. The SMILES string of the molecule is O=c1ncc(C(F)(F)F)cn1COCc1ccc(Cl)cc1. The molecule has 2 rings (SSSR count). The van der Waals surface area contributed by atoms with Crippen LogP contribution in [0.5, 0.6) is 0 Å². The van der Waals surface area contributed by atoms with E-state index < -0.39 is 17.4 Å². The summed E-state index contributed by atoms with van der Waals surface area (Å²) in [4.78, 5) is 14.5. The molecule has 1 heterocycles. The molecule has 1 aromatic heterocycles. The maximum absolute atomic E-state index is 12.5. The van der Waals surface area contributed by atoms with Crippen LogP contribution in [0.15, 0.2) is 41.5 Å². The Labute approximate surface area is 122 Å². The fourth-order valence-electron chi connectivity index (χ4n) is 1.54. The van der Waals surface area contributed by atoms with Crippen LogP contribution in [0.1, 0.15) is 11.1 Å². The minimum absolute atomic E-state index is 0.139. The van der Waals surface area contributed by atoms with E-state index in [-0.39, 0.29) is 13.3 Å². The monoisotopic (exact) mass is 318 g/mol. The fraction of sp³-hybridized carbons (Fsp3) is 0.231. The summed E-state index contributed by atoms with van der Waals surface area (Å²) >= 11 is 5.72. The number of hydrogen-bond acceptors (Lipinski definition) is 3. The van der Waals surface area contributed by atoms with E-state index in [9.17, 15) is 18.0 Å². The molecule has 0 aliphatic carbocycles. The predicted molar refractivity (Wildman–Crippen MR) is 69.7 cm³/mol. The second-order valence-electron chi connectivity index (χ2n) is 4.20. The van der Waals surface area contributed by atoms with Crippen LogP contribution in [0, 0.1) is 0 Å². The number of ether oxygens (including phenoxy) is 1. The fourth-order valence-corrected chi connectivity index (χ4v) is 1.66. The van der Waals surface area contributed by atoms with Crippen LogP contribution in [0.25, 0.3) is 0 Å². The molecule has 4 nitrogen and oxygen atoms in total. The van der Waals surface area contributed by atoms with Gasteiger partial charge in [-0.1, -0.05) is 23.7 Å². The molecule has 0 spiro atoms. The molecule has 8 heteroatoms. The molecular formula is C13H10ClF3N2O2. The Kier molecular flexibility index (Phi) is 4.64. The molecule has 0 unspecified atom stereocenters. The first-order chi connectivity index (χ1) is 9.86. The largest absolute Gasteiger partial charge is 0.419 e. The predicted octanol–water partition coefficient (Wildman–Crippen LogP) is 3.09. The molecule has 0 bridgehead atoms. The van der Waals surface area contributed by atoms with Gasteiger partial charge in [-0.2, -0.15) is 13.2 Å². The van der Waals surface area contributed by atoms with Crippen LogP contribution < -0.4 is 5.69 Å². The lowest BCUT2D eigenvalue weighted by Crippen LogP contribution is -2.25. The highest BCUT2D eigenvalue weighted by Crippen LogP contribution is 2.27. The van der Waals surface area contributed by atoms with Crippen molar-refractivity contribution in [2.24, 2.45) is 0 Å². The molecule has 0 N–H and O–H groups in total. The first kappa shape index (κ1) is 15.5. The van der Waals surface area contributed by atoms with Crippen molar-refractivity contribution in [3.05, 3.63) is 63.3 Å². The summed E-state index contributed by atoms with van der Waals surface area (Å²) in [5.41, 5.74) is -1.02. The Morgan fingerprint density at radius 3 is 2.52 bits per heavy atom. The van der Waals surface area contributed by atoms with E-state index in [1.165, 1.54) is 0 Å². The summed E-state index contributed by atoms with van der Waals surface area (Å²) in [7, 11) is 0. The van der Waals surface area contributed by atoms with E-state index in [1.807, 2.05) is 0 Å². The van der Waals surface area contributed by atoms with Crippen LogP contribution in [0.4, 0.5) is 13.2 Å². The van der Waals surface area contributed by atoms with Gasteiger partial charge in [0.1, 0.15) is 6.73 Å². The highest BCUT2D eigenvalue weighted by molar-refractivity contribution is 6.30. The minimum atomic E-state index is -4.56. The van der Waals surface area contributed by atoms with Crippen molar-refractivity contribution >= 4 is 11.6 Å². The molecule has 0 saturated heterocycles. The molecule has 0 aliphatic rings. The molecule has 0 saturated carbocycles. The van der Waals surface area contributed by atoms with E-state index in [1.54, 1.807) is 24.3 Å². The Bertz CT molecular complexity index is 668. The zero-order valence-corrected chi connectivity index (χ0v) is 11.4. The normalized spacial score (nSPS) is 11.6. The van der Waals surface area contributed by atoms with Gasteiger partial charge in [0, 0.05) is 17.4 Å². The van der Waals surface area contributed by atoms with Crippen LogP contribution in [-0.4, -0.2) is 9.55 Å². The first-order valence-corrected chi connectivity index (χ1v) is 6.20. The van der Waals surface area contributed by atoms with Crippen molar-refractivity contribution in [3.8, 4) is 0 Å². The Hall–Kier alpha value is -1.86.